The molecule has 2 N–H and O–H groups in total. The number of nitrogens with zero attached hydrogens (tertiary/aromatic N) is 2. The summed E-state index contributed by atoms with van der Waals surface area (Å²) in [4.78, 5) is 0. The van der Waals surface area contributed by atoms with Crippen LogP contribution in [0.15, 0.2) is 60.8 Å². The van der Waals surface area contributed by atoms with Crippen molar-refractivity contribution in [3.63, 3.8) is 0 Å². The molecule has 28 heavy (non-hydrogen) atoms. The van der Waals surface area contributed by atoms with Gasteiger partial charge in [0.05, 0.1) is 17.1 Å². The molecule has 0 spiro atoms. The van der Waals surface area contributed by atoms with Gasteiger partial charge in [0.25, 0.3) is 0 Å². The lowest BCUT2D eigenvalue weighted by Gasteiger charge is -2.08. The van der Waals surface area contributed by atoms with Gasteiger partial charge in [0.15, 0.2) is 0 Å². The quantitative estimate of drug-likeness (QED) is 0.544. The van der Waals surface area contributed by atoms with Crippen molar-refractivity contribution >= 4 is 10.0 Å². The van der Waals surface area contributed by atoms with Crippen LogP contribution < -0.4 is 10.0 Å². The molecule has 148 valence electrons. The number of para-hydroxylation sites is 1. The molecule has 3 aromatic rings. The maximum absolute atomic E-state index is 11.5. The molecule has 0 radical (unpaired) electrons. The van der Waals surface area contributed by atoms with Gasteiger partial charge in [0, 0.05) is 37.0 Å². The van der Waals surface area contributed by atoms with Crippen LogP contribution in [0.5, 0.6) is 0 Å². The van der Waals surface area contributed by atoms with Gasteiger partial charge < -0.3 is 5.32 Å². The fourth-order valence-corrected chi connectivity index (χ4v) is 3.55. The highest BCUT2D eigenvalue weighted by atomic mass is 32.2. The van der Waals surface area contributed by atoms with Crippen LogP contribution >= 0.6 is 0 Å². The van der Waals surface area contributed by atoms with Crippen molar-refractivity contribution in [3.05, 3.63) is 71.9 Å². The number of hydrogen-bond acceptors (Lipinski definition) is 4. The molecular formula is C21H26N4O2S. The topological polar surface area (TPSA) is 76.0 Å². The molecule has 1 aromatic heterocycles. The van der Waals surface area contributed by atoms with Gasteiger partial charge in [-0.25, -0.2) is 17.8 Å². The van der Waals surface area contributed by atoms with Gasteiger partial charge in [-0.1, -0.05) is 42.5 Å². The number of aromatic nitrogens is 2. The Morgan fingerprint density at radius 1 is 1.00 bits per heavy atom. The zero-order valence-corrected chi connectivity index (χ0v) is 17.0. The van der Waals surface area contributed by atoms with Gasteiger partial charge in [0.1, 0.15) is 0 Å². The van der Waals surface area contributed by atoms with E-state index in [1.165, 1.54) is 0 Å². The zero-order chi connectivity index (χ0) is 20.0. The van der Waals surface area contributed by atoms with Gasteiger partial charge >= 0.3 is 0 Å². The minimum Gasteiger partial charge on any atom is -0.311 e. The van der Waals surface area contributed by atoms with Gasteiger partial charge in [0.2, 0.25) is 10.0 Å². The van der Waals surface area contributed by atoms with Gasteiger partial charge in [-0.3, -0.25) is 0 Å². The third-order valence-electron chi connectivity index (χ3n) is 4.53. The predicted molar refractivity (Wildman–Crippen MR) is 113 cm³/mol. The van der Waals surface area contributed by atoms with E-state index in [2.05, 4.69) is 29.1 Å². The molecule has 7 heteroatoms. The number of benzene rings is 2. The molecule has 3 rings (SSSR count). The fraction of sp³-hybridized carbons (Fsp3) is 0.286. The Labute approximate surface area is 166 Å². The molecule has 0 bridgehead atoms. The van der Waals surface area contributed by atoms with Gasteiger partial charge in [-0.2, -0.15) is 5.10 Å². The molecule has 6 nitrogen and oxygen atoms in total. The number of nitrogens with one attached hydrogen (secondary N) is 2. The second kappa shape index (κ2) is 9.14. The highest BCUT2D eigenvalue weighted by Crippen LogP contribution is 2.26. The van der Waals surface area contributed by atoms with E-state index in [9.17, 15) is 8.42 Å². The Kier molecular flexibility index (Phi) is 6.61. The summed E-state index contributed by atoms with van der Waals surface area (Å²) in [5, 5.41) is 8.14. The normalized spacial score (nSPS) is 11.6. The first-order valence-corrected chi connectivity index (χ1v) is 11.0. The summed E-state index contributed by atoms with van der Waals surface area (Å²) in [5.41, 5.74) is 5.26. The van der Waals surface area contributed by atoms with Crippen molar-refractivity contribution in [1.82, 2.24) is 19.8 Å². The summed E-state index contributed by atoms with van der Waals surface area (Å²) in [6.07, 6.45) is 2.03. The molecule has 0 aliphatic heterocycles. The third-order valence-corrected chi connectivity index (χ3v) is 5.93. The smallest absolute Gasteiger partial charge is 0.211 e. The Morgan fingerprint density at radius 3 is 2.43 bits per heavy atom. The van der Waals surface area contributed by atoms with Crippen molar-refractivity contribution in [1.29, 1.82) is 0 Å². The highest BCUT2D eigenvalue weighted by molar-refractivity contribution is 7.89. The van der Waals surface area contributed by atoms with Crippen LogP contribution in [0.2, 0.25) is 0 Å². The first kappa shape index (κ1) is 20.3. The Bertz CT molecular complexity index is 1010. The summed E-state index contributed by atoms with van der Waals surface area (Å²) in [5.74, 6) is 0.0915. The van der Waals surface area contributed by atoms with Crippen molar-refractivity contribution in [2.24, 2.45) is 0 Å². The summed E-state index contributed by atoms with van der Waals surface area (Å²) >= 11 is 0. The maximum atomic E-state index is 11.5. The molecule has 0 fully saturated rings. The molecule has 2 aromatic carbocycles. The maximum Gasteiger partial charge on any atom is 0.211 e. The third kappa shape index (κ3) is 5.07. The molecule has 0 saturated carbocycles. The Morgan fingerprint density at radius 2 is 1.71 bits per heavy atom. The Balaban J connectivity index is 1.79. The van der Waals surface area contributed by atoms with Crippen LogP contribution in [-0.2, 0) is 16.6 Å². The fourth-order valence-electron chi connectivity index (χ4n) is 2.94. The minimum atomic E-state index is -3.16. The van der Waals surface area contributed by atoms with Crippen molar-refractivity contribution in [2.75, 3.05) is 18.8 Å². The van der Waals surface area contributed by atoms with Crippen LogP contribution in [0.25, 0.3) is 16.9 Å². The molecular weight excluding hydrogens is 372 g/mol. The van der Waals surface area contributed by atoms with Crippen LogP contribution in [-0.4, -0.2) is 37.0 Å². The molecule has 1 heterocycles. The van der Waals surface area contributed by atoms with E-state index in [-0.39, 0.29) is 5.75 Å². The molecule has 0 aliphatic carbocycles. The molecule has 0 atom stereocenters. The van der Waals surface area contributed by atoms with Crippen LogP contribution in [0.3, 0.4) is 0 Å². The van der Waals surface area contributed by atoms with Crippen molar-refractivity contribution < 1.29 is 8.42 Å². The number of sulfonamides is 1. The van der Waals surface area contributed by atoms with E-state index in [1.54, 1.807) is 6.92 Å². The molecule has 0 amide bonds. The van der Waals surface area contributed by atoms with Crippen LogP contribution in [0, 0.1) is 6.92 Å². The number of aryl methyl sites for hydroxylation is 1. The highest BCUT2D eigenvalue weighted by Gasteiger charge is 2.14. The lowest BCUT2D eigenvalue weighted by Crippen LogP contribution is -2.32. The second-order valence-corrected chi connectivity index (χ2v) is 8.67. The monoisotopic (exact) mass is 398 g/mol. The van der Waals surface area contributed by atoms with E-state index in [0.29, 0.717) is 19.6 Å². The Hall–Kier alpha value is -2.48. The summed E-state index contributed by atoms with van der Waals surface area (Å²) < 4.78 is 27.5. The largest absolute Gasteiger partial charge is 0.311 e. The average molecular weight is 399 g/mol. The van der Waals surface area contributed by atoms with Crippen molar-refractivity contribution in [2.45, 2.75) is 20.4 Å². The first-order chi connectivity index (χ1) is 13.5. The average Bonchev–Trinajstić information content (AvgIpc) is 3.12. The van der Waals surface area contributed by atoms with E-state index < -0.39 is 10.0 Å². The van der Waals surface area contributed by atoms with Crippen molar-refractivity contribution in [3.8, 4) is 16.9 Å². The number of hydrogen-bond donors (Lipinski definition) is 2. The summed E-state index contributed by atoms with van der Waals surface area (Å²) in [6, 6.07) is 18.2. The summed E-state index contributed by atoms with van der Waals surface area (Å²) in [7, 11) is -3.16. The van der Waals surface area contributed by atoms with Crippen LogP contribution in [0.1, 0.15) is 18.1 Å². The zero-order valence-electron chi connectivity index (χ0n) is 16.2. The van der Waals surface area contributed by atoms with E-state index in [0.717, 1.165) is 28.1 Å². The SMILES string of the molecule is CCS(=O)(=O)NCCNCc1cn(-c2ccccc2)nc1-c1ccccc1C. The van der Waals surface area contributed by atoms with Gasteiger partial charge in [-0.05, 0) is 31.5 Å². The van der Waals surface area contributed by atoms with Gasteiger partial charge in [-0.15, -0.1) is 0 Å². The molecule has 0 unspecified atom stereocenters. The summed E-state index contributed by atoms with van der Waals surface area (Å²) in [6.45, 7) is 5.21. The van der Waals surface area contributed by atoms with E-state index in [1.807, 2.05) is 53.3 Å². The lowest BCUT2D eigenvalue weighted by atomic mass is 10.0. The van der Waals surface area contributed by atoms with Crippen LogP contribution in [0.4, 0.5) is 0 Å². The second-order valence-electron chi connectivity index (χ2n) is 6.57. The first-order valence-electron chi connectivity index (χ1n) is 9.38. The number of rotatable bonds is 9. The molecule has 0 saturated heterocycles. The molecule has 0 aliphatic rings. The van der Waals surface area contributed by atoms with E-state index in [4.69, 9.17) is 5.10 Å². The van der Waals surface area contributed by atoms with E-state index >= 15 is 0 Å². The minimum absolute atomic E-state index is 0.0915. The predicted octanol–water partition coefficient (Wildman–Crippen LogP) is 2.88. The lowest BCUT2D eigenvalue weighted by molar-refractivity contribution is 0.577. The standard InChI is InChI=1S/C21H26N4O2S/c1-3-28(26,27)23-14-13-22-15-18-16-25(19-10-5-4-6-11-19)24-21(18)20-12-8-7-9-17(20)2/h4-12,16,22-23H,3,13-15H2,1-2H3.